The predicted molar refractivity (Wildman–Crippen MR) is 124 cm³/mol. The lowest BCUT2D eigenvalue weighted by Gasteiger charge is -2.31. The number of esters is 2. The molecule has 0 fully saturated rings. The largest absolute Gasteiger partial charge is 0.543 e. The first-order valence-corrected chi connectivity index (χ1v) is 13.9. The van der Waals surface area contributed by atoms with Crippen LogP contribution in [0.3, 0.4) is 0 Å². The fourth-order valence-electron chi connectivity index (χ4n) is 2.70. The number of carbonyl (C=O) groups excluding carboxylic acids is 2. The van der Waals surface area contributed by atoms with Crippen molar-refractivity contribution in [1.29, 1.82) is 0 Å². The molecule has 12 heteroatoms. The van der Waals surface area contributed by atoms with Gasteiger partial charge >= 0.3 is 29.5 Å². The van der Waals surface area contributed by atoms with Gasteiger partial charge in [0.15, 0.2) is 11.5 Å². The first-order valence-electron chi connectivity index (χ1n) is 10.3. The molecule has 0 aliphatic rings. The summed E-state index contributed by atoms with van der Waals surface area (Å²) in [5.41, 5.74) is -1.01. The molecule has 0 rings (SSSR count). The summed E-state index contributed by atoms with van der Waals surface area (Å²) in [6, 6.07) is 0. The summed E-state index contributed by atoms with van der Waals surface area (Å²) < 4.78 is 42.6. The summed E-state index contributed by atoms with van der Waals surface area (Å²) in [5.74, 6) is -1.00. The van der Waals surface area contributed by atoms with Gasteiger partial charge in [0.05, 0.1) is 0 Å². The molecule has 188 valence electrons. The molecule has 0 saturated heterocycles. The van der Waals surface area contributed by atoms with E-state index in [9.17, 15) is 9.59 Å². The van der Waals surface area contributed by atoms with E-state index in [0.29, 0.717) is 26.1 Å². The van der Waals surface area contributed by atoms with Gasteiger partial charge in [-0.1, -0.05) is 27.0 Å². The Morgan fingerprint density at radius 2 is 0.969 bits per heavy atom. The molecule has 0 N–H and O–H groups in total. The van der Waals surface area contributed by atoms with E-state index < -0.39 is 41.0 Å². The van der Waals surface area contributed by atoms with Crippen LogP contribution >= 0.6 is 0 Å². The minimum Gasteiger partial charge on any atom is -0.455 e. The Labute approximate surface area is 194 Å². The van der Waals surface area contributed by atoms with Crippen LogP contribution in [0, 0.1) is 0 Å². The fourth-order valence-corrected chi connectivity index (χ4v) is 7.26. The van der Waals surface area contributed by atoms with Gasteiger partial charge in [-0.25, -0.2) is 9.59 Å². The zero-order valence-corrected chi connectivity index (χ0v) is 22.6. The minimum absolute atomic E-state index is 0.441. The Balaban J connectivity index is 0. The van der Waals surface area contributed by atoms with Gasteiger partial charge in [0, 0.05) is 53.8 Å². The van der Waals surface area contributed by atoms with E-state index in [0.717, 1.165) is 12.2 Å². The molecular weight excluding hydrogens is 456 g/mol. The van der Waals surface area contributed by atoms with Gasteiger partial charge in [0.1, 0.15) is 0 Å². The van der Waals surface area contributed by atoms with Crippen molar-refractivity contribution >= 4 is 29.5 Å². The summed E-state index contributed by atoms with van der Waals surface area (Å²) in [4.78, 5) is 22.4. The third-order valence-electron chi connectivity index (χ3n) is 4.21. The Morgan fingerprint density at radius 1 is 0.688 bits per heavy atom. The summed E-state index contributed by atoms with van der Waals surface area (Å²) in [7, 11) is 0.0978. The molecule has 2 unspecified atom stereocenters. The molecule has 10 nitrogen and oxygen atoms in total. The molecule has 2 atom stereocenters. The highest BCUT2D eigenvalue weighted by Crippen LogP contribution is 2.20. The van der Waals surface area contributed by atoms with Crippen LogP contribution in [0.15, 0.2) is 25.3 Å². The smallest absolute Gasteiger partial charge is 0.455 e. The molecule has 0 saturated carbocycles. The lowest BCUT2D eigenvalue weighted by Crippen LogP contribution is -2.56. The SMILES string of the molecule is C=CC(=O)OC(CC)[Si](OC)(OC)OCC.C=CC(=O)OC(CC)[Si](OC)(OC)OCC. The number of ether oxygens (including phenoxy) is 2. The highest BCUT2D eigenvalue weighted by atomic mass is 28.4. The van der Waals surface area contributed by atoms with E-state index in [1.165, 1.54) is 28.4 Å². The van der Waals surface area contributed by atoms with Crippen LogP contribution in [0.4, 0.5) is 0 Å². The van der Waals surface area contributed by atoms with Crippen molar-refractivity contribution < 1.29 is 45.6 Å². The van der Waals surface area contributed by atoms with E-state index in [-0.39, 0.29) is 0 Å². The van der Waals surface area contributed by atoms with Crippen LogP contribution in [-0.4, -0.2) is 82.7 Å². The molecule has 0 aliphatic heterocycles. The Kier molecular flexibility index (Phi) is 18.5. The molecular formula is C20H40O10Si2. The van der Waals surface area contributed by atoms with Crippen LogP contribution in [0.2, 0.25) is 0 Å². The van der Waals surface area contributed by atoms with E-state index in [1.54, 1.807) is 0 Å². The normalized spacial score (nSPS) is 13.2. The third kappa shape index (κ3) is 10.0. The first-order chi connectivity index (χ1) is 15.2. The Bertz CT molecular complexity index is 502. The number of rotatable bonds is 16. The predicted octanol–water partition coefficient (Wildman–Crippen LogP) is 2.60. The van der Waals surface area contributed by atoms with Crippen molar-refractivity contribution in [3.05, 3.63) is 25.3 Å². The number of carbonyl (C=O) groups is 2. The second kappa shape index (κ2) is 18.1. The lowest BCUT2D eigenvalue weighted by molar-refractivity contribution is -0.143. The highest BCUT2D eigenvalue weighted by molar-refractivity contribution is 6.62. The molecule has 0 amide bonds. The molecule has 0 aliphatic carbocycles. The van der Waals surface area contributed by atoms with Crippen LogP contribution in [0.25, 0.3) is 0 Å². The molecule has 0 aromatic carbocycles. The molecule has 32 heavy (non-hydrogen) atoms. The van der Waals surface area contributed by atoms with E-state index in [1.807, 2.05) is 27.7 Å². The molecule has 0 spiro atoms. The van der Waals surface area contributed by atoms with Crippen LogP contribution in [-0.2, 0) is 45.6 Å². The van der Waals surface area contributed by atoms with Gasteiger partial charge in [-0.2, -0.15) is 0 Å². The van der Waals surface area contributed by atoms with Gasteiger partial charge in [-0.15, -0.1) is 0 Å². The second-order valence-electron chi connectivity index (χ2n) is 5.97. The summed E-state index contributed by atoms with van der Waals surface area (Å²) >= 11 is 0. The van der Waals surface area contributed by atoms with Crippen molar-refractivity contribution in [1.82, 2.24) is 0 Å². The van der Waals surface area contributed by atoms with Crippen molar-refractivity contribution in [2.75, 3.05) is 41.7 Å². The second-order valence-corrected chi connectivity index (χ2v) is 11.9. The van der Waals surface area contributed by atoms with Gasteiger partial charge in [0.25, 0.3) is 0 Å². The molecule has 0 bridgehead atoms. The monoisotopic (exact) mass is 496 g/mol. The maximum absolute atomic E-state index is 11.2. The minimum atomic E-state index is -2.94. The molecule has 0 aromatic rings. The maximum Gasteiger partial charge on any atom is 0.543 e. The summed E-state index contributed by atoms with van der Waals surface area (Å²) in [6.45, 7) is 15.0. The van der Waals surface area contributed by atoms with Gasteiger partial charge in [-0.3, -0.25) is 0 Å². The van der Waals surface area contributed by atoms with Crippen molar-refractivity contribution in [3.63, 3.8) is 0 Å². The van der Waals surface area contributed by atoms with Crippen LogP contribution in [0.1, 0.15) is 40.5 Å². The van der Waals surface area contributed by atoms with Crippen molar-refractivity contribution in [3.8, 4) is 0 Å². The Morgan fingerprint density at radius 3 is 1.12 bits per heavy atom. The average Bonchev–Trinajstić information content (AvgIpc) is 2.83. The zero-order valence-electron chi connectivity index (χ0n) is 20.6. The molecule has 0 aromatic heterocycles. The maximum atomic E-state index is 11.2. The zero-order chi connectivity index (χ0) is 25.2. The van der Waals surface area contributed by atoms with Crippen LogP contribution < -0.4 is 0 Å². The summed E-state index contributed by atoms with van der Waals surface area (Å²) in [6.07, 6.45) is 3.35. The quantitative estimate of drug-likeness (QED) is 0.180. The van der Waals surface area contributed by atoms with Gasteiger partial charge < -0.3 is 36.0 Å². The van der Waals surface area contributed by atoms with E-state index in [4.69, 9.17) is 36.0 Å². The number of hydrogen-bond donors (Lipinski definition) is 0. The number of hydrogen-bond acceptors (Lipinski definition) is 10. The van der Waals surface area contributed by atoms with Gasteiger partial charge in [0.2, 0.25) is 0 Å². The molecule has 0 radical (unpaired) electrons. The molecule has 0 heterocycles. The van der Waals surface area contributed by atoms with Gasteiger partial charge in [-0.05, 0) is 26.7 Å². The Hall–Kier alpha value is -1.39. The van der Waals surface area contributed by atoms with Crippen LogP contribution in [0.5, 0.6) is 0 Å². The lowest BCUT2D eigenvalue weighted by atomic mass is 10.5. The third-order valence-corrected chi connectivity index (χ3v) is 10.5. The average molecular weight is 497 g/mol. The highest BCUT2D eigenvalue weighted by Gasteiger charge is 2.50. The van der Waals surface area contributed by atoms with E-state index >= 15 is 0 Å². The van der Waals surface area contributed by atoms with E-state index in [2.05, 4.69) is 13.2 Å². The standard InChI is InChI=1S/2C10H20O5Si/c2*1-6-9(11)15-10(7-2)16(12-4,13-5)14-8-3/h2*6,10H,1,7-8H2,2-5H3. The summed E-state index contributed by atoms with van der Waals surface area (Å²) in [5, 5.41) is 0. The van der Waals surface area contributed by atoms with Crippen molar-refractivity contribution in [2.45, 2.75) is 52.0 Å². The first kappa shape index (κ1) is 32.8. The fraction of sp³-hybridized carbons (Fsp3) is 0.700. The topological polar surface area (TPSA) is 108 Å². The van der Waals surface area contributed by atoms with Crippen molar-refractivity contribution in [2.24, 2.45) is 0 Å².